The molecule has 0 radical (unpaired) electrons. The van der Waals surface area contributed by atoms with Gasteiger partial charge in [-0.15, -0.1) is 0 Å². The van der Waals surface area contributed by atoms with Gasteiger partial charge in [-0.1, -0.05) is 0 Å². The van der Waals surface area contributed by atoms with Crippen LogP contribution in [-0.4, -0.2) is 55.0 Å². The molecule has 1 saturated carbocycles. The molecule has 154 valence electrons. The SMILES string of the molecule is CC(=O)NC[C@H]1CC[C@@H](CC(=O)NCCOc2ccc(F)cc2)N1CC1CC1. The van der Waals surface area contributed by atoms with Gasteiger partial charge in [-0.25, -0.2) is 4.39 Å². The van der Waals surface area contributed by atoms with Crippen molar-refractivity contribution in [1.82, 2.24) is 15.5 Å². The lowest BCUT2D eigenvalue weighted by Gasteiger charge is -2.30. The van der Waals surface area contributed by atoms with E-state index in [4.69, 9.17) is 4.74 Å². The third kappa shape index (κ3) is 6.48. The molecule has 3 rings (SSSR count). The number of amides is 2. The molecule has 2 amide bonds. The number of hydrogen-bond donors (Lipinski definition) is 2. The van der Waals surface area contributed by atoms with Gasteiger partial charge < -0.3 is 15.4 Å². The van der Waals surface area contributed by atoms with Crippen LogP contribution in [0.25, 0.3) is 0 Å². The van der Waals surface area contributed by atoms with Crippen molar-refractivity contribution in [3.05, 3.63) is 30.1 Å². The maximum atomic E-state index is 12.9. The van der Waals surface area contributed by atoms with Crippen molar-refractivity contribution in [3.8, 4) is 5.75 Å². The Labute approximate surface area is 165 Å². The molecule has 1 aromatic rings. The van der Waals surface area contributed by atoms with Crippen LogP contribution in [0, 0.1) is 11.7 Å². The molecule has 1 heterocycles. The number of nitrogens with one attached hydrogen (secondary N) is 2. The predicted octanol–water partition coefficient (Wildman–Crippen LogP) is 2.09. The van der Waals surface area contributed by atoms with E-state index >= 15 is 0 Å². The third-order valence-electron chi connectivity index (χ3n) is 5.45. The van der Waals surface area contributed by atoms with Crippen LogP contribution in [0.3, 0.4) is 0 Å². The number of ether oxygens (including phenoxy) is 1. The molecule has 0 aromatic heterocycles. The summed E-state index contributed by atoms with van der Waals surface area (Å²) < 4.78 is 18.4. The van der Waals surface area contributed by atoms with E-state index in [0.717, 1.165) is 25.3 Å². The van der Waals surface area contributed by atoms with Crippen LogP contribution >= 0.6 is 0 Å². The quantitative estimate of drug-likeness (QED) is 0.599. The molecule has 6 nitrogen and oxygen atoms in total. The molecule has 1 aromatic carbocycles. The first kappa shape index (κ1) is 20.6. The Balaban J connectivity index is 1.40. The normalized spacial score (nSPS) is 22.1. The molecular weight excluding hydrogens is 361 g/mol. The van der Waals surface area contributed by atoms with E-state index < -0.39 is 0 Å². The molecule has 2 aliphatic rings. The molecule has 1 saturated heterocycles. The van der Waals surface area contributed by atoms with Gasteiger partial charge in [0.1, 0.15) is 18.2 Å². The second kappa shape index (κ2) is 9.87. The largest absolute Gasteiger partial charge is 0.492 e. The highest BCUT2D eigenvalue weighted by Gasteiger charge is 2.37. The van der Waals surface area contributed by atoms with Gasteiger partial charge in [0.25, 0.3) is 0 Å². The zero-order chi connectivity index (χ0) is 19.9. The van der Waals surface area contributed by atoms with Gasteiger partial charge in [-0.2, -0.15) is 0 Å². The van der Waals surface area contributed by atoms with Crippen molar-refractivity contribution in [2.75, 3.05) is 26.2 Å². The van der Waals surface area contributed by atoms with Crippen LogP contribution in [0.1, 0.15) is 39.0 Å². The highest BCUT2D eigenvalue weighted by molar-refractivity contribution is 5.76. The van der Waals surface area contributed by atoms with Crippen LogP contribution in [0.5, 0.6) is 5.75 Å². The first-order valence-electron chi connectivity index (χ1n) is 10.2. The number of hydrogen-bond acceptors (Lipinski definition) is 4. The number of carbonyl (C=O) groups excluding carboxylic acids is 2. The minimum absolute atomic E-state index is 0.00582. The Bertz CT molecular complexity index is 663. The van der Waals surface area contributed by atoms with E-state index in [9.17, 15) is 14.0 Å². The summed E-state index contributed by atoms with van der Waals surface area (Å²) in [6.07, 6.45) is 5.00. The summed E-state index contributed by atoms with van der Waals surface area (Å²) in [6, 6.07) is 6.39. The van der Waals surface area contributed by atoms with E-state index in [1.165, 1.54) is 25.0 Å². The maximum Gasteiger partial charge on any atom is 0.221 e. The van der Waals surface area contributed by atoms with Gasteiger partial charge in [0.15, 0.2) is 0 Å². The maximum absolute atomic E-state index is 12.9. The molecule has 2 N–H and O–H groups in total. The summed E-state index contributed by atoms with van der Waals surface area (Å²) in [5.74, 6) is 1.04. The molecule has 1 aliphatic heterocycles. The van der Waals surface area contributed by atoms with Crippen molar-refractivity contribution in [2.45, 2.75) is 51.1 Å². The van der Waals surface area contributed by atoms with Crippen LogP contribution in [-0.2, 0) is 9.59 Å². The summed E-state index contributed by atoms with van der Waals surface area (Å²) in [6.45, 7) is 3.99. The zero-order valence-electron chi connectivity index (χ0n) is 16.5. The highest BCUT2D eigenvalue weighted by Crippen LogP contribution is 2.35. The van der Waals surface area contributed by atoms with E-state index in [-0.39, 0.29) is 23.7 Å². The first-order valence-corrected chi connectivity index (χ1v) is 10.2. The highest BCUT2D eigenvalue weighted by atomic mass is 19.1. The van der Waals surface area contributed by atoms with Gasteiger partial charge in [0.2, 0.25) is 11.8 Å². The third-order valence-corrected chi connectivity index (χ3v) is 5.45. The van der Waals surface area contributed by atoms with Crippen LogP contribution in [0.15, 0.2) is 24.3 Å². The van der Waals surface area contributed by atoms with Crippen LogP contribution < -0.4 is 15.4 Å². The minimum atomic E-state index is -0.301. The topological polar surface area (TPSA) is 70.7 Å². The monoisotopic (exact) mass is 391 g/mol. The van der Waals surface area contributed by atoms with Gasteiger partial charge in [-0.3, -0.25) is 14.5 Å². The average Bonchev–Trinajstić information content (AvgIpc) is 3.41. The van der Waals surface area contributed by atoms with Crippen molar-refractivity contribution < 1.29 is 18.7 Å². The minimum Gasteiger partial charge on any atom is -0.492 e. The molecule has 2 atom stereocenters. The summed E-state index contributed by atoms with van der Waals surface area (Å²) >= 11 is 0. The number of carbonyl (C=O) groups is 2. The molecule has 2 fully saturated rings. The average molecular weight is 391 g/mol. The van der Waals surface area contributed by atoms with E-state index in [1.54, 1.807) is 19.1 Å². The molecule has 0 unspecified atom stereocenters. The van der Waals surface area contributed by atoms with Gasteiger partial charge >= 0.3 is 0 Å². The lowest BCUT2D eigenvalue weighted by molar-refractivity contribution is -0.122. The number of halogens is 1. The summed E-state index contributed by atoms with van der Waals surface area (Å²) in [5, 5.41) is 5.84. The van der Waals surface area contributed by atoms with Gasteiger partial charge in [0.05, 0.1) is 6.54 Å². The fourth-order valence-electron chi connectivity index (χ4n) is 3.79. The molecule has 28 heavy (non-hydrogen) atoms. The summed E-state index contributed by atoms with van der Waals surface area (Å²) in [5.41, 5.74) is 0. The second-order valence-electron chi connectivity index (χ2n) is 7.82. The van der Waals surface area contributed by atoms with Crippen molar-refractivity contribution >= 4 is 11.8 Å². The Kier molecular flexibility index (Phi) is 7.25. The van der Waals surface area contributed by atoms with Gasteiger partial charge in [0, 0.05) is 38.5 Å². The van der Waals surface area contributed by atoms with E-state index in [2.05, 4.69) is 15.5 Å². The second-order valence-corrected chi connectivity index (χ2v) is 7.82. The van der Waals surface area contributed by atoms with Crippen LogP contribution in [0.2, 0.25) is 0 Å². The molecule has 1 aliphatic carbocycles. The smallest absolute Gasteiger partial charge is 0.221 e. The Hall–Kier alpha value is -2.15. The Morgan fingerprint density at radius 2 is 1.82 bits per heavy atom. The molecule has 0 bridgehead atoms. The molecule has 0 spiro atoms. The standard InChI is InChI=1S/C21H30FN3O3/c1-15(26)24-13-19-7-6-18(25(19)14-16-2-3-16)12-21(27)23-10-11-28-20-8-4-17(22)5-9-20/h4-5,8-9,16,18-19H,2-3,6-7,10-14H2,1H3,(H,23,27)(H,24,26)/t18-,19+/m0/s1. The van der Waals surface area contributed by atoms with Crippen molar-refractivity contribution in [2.24, 2.45) is 5.92 Å². The zero-order valence-corrected chi connectivity index (χ0v) is 16.5. The fourth-order valence-corrected chi connectivity index (χ4v) is 3.79. The van der Waals surface area contributed by atoms with Crippen LogP contribution in [0.4, 0.5) is 4.39 Å². The van der Waals surface area contributed by atoms with E-state index in [1.807, 2.05) is 0 Å². The van der Waals surface area contributed by atoms with Gasteiger partial charge in [-0.05, 0) is 55.9 Å². The number of likely N-dealkylation sites (tertiary alicyclic amines) is 1. The van der Waals surface area contributed by atoms with E-state index in [0.29, 0.717) is 37.9 Å². The molecular formula is C21H30FN3O3. The number of rotatable bonds is 10. The Morgan fingerprint density at radius 1 is 1.11 bits per heavy atom. The predicted molar refractivity (Wildman–Crippen MR) is 104 cm³/mol. The lowest BCUT2D eigenvalue weighted by Crippen LogP contribution is -2.45. The lowest BCUT2D eigenvalue weighted by atomic mass is 10.1. The first-order chi connectivity index (χ1) is 13.5. The Morgan fingerprint density at radius 3 is 2.50 bits per heavy atom. The summed E-state index contributed by atoms with van der Waals surface area (Å²) in [7, 11) is 0. The van der Waals surface area contributed by atoms with Crippen molar-refractivity contribution in [3.63, 3.8) is 0 Å². The fraction of sp³-hybridized carbons (Fsp3) is 0.619. The number of benzene rings is 1. The number of nitrogens with zero attached hydrogens (tertiary/aromatic N) is 1. The summed E-state index contributed by atoms with van der Waals surface area (Å²) in [4.78, 5) is 26.0. The van der Waals surface area contributed by atoms with Crippen molar-refractivity contribution in [1.29, 1.82) is 0 Å². The molecule has 7 heteroatoms.